The maximum Gasteiger partial charge on any atom is 0.333 e. The lowest BCUT2D eigenvalue weighted by Gasteiger charge is -2.46. The second-order valence-corrected chi connectivity index (χ2v) is 6.90. The minimum absolute atomic E-state index is 0.0442. The van der Waals surface area contributed by atoms with E-state index in [0.29, 0.717) is 18.4 Å². The van der Waals surface area contributed by atoms with Gasteiger partial charge in [-0.1, -0.05) is 13.5 Å². The molecular formula is C16H22O4. The summed E-state index contributed by atoms with van der Waals surface area (Å²) in [6.07, 6.45) is 4.09. The van der Waals surface area contributed by atoms with E-state index < -0.39 is 11.2 Å². The average molecular weight is 278 g/mol. The predicted octanol–water partition coefficient (Wildman–Crippen LogP) is 2.41. The highest BCUT2D eigenvalue weighted by molar-refractivity contribution is 5.93. The summed E-state index contributed by atoms with van der Waals surface area (Å²) >= 11 is 0. The third kappa shape index (κ3) is 1.46. The Morgan fingerprint density at radius 2 is 2.10 bits per heavy atom. The quantitative estimate of drug-likeness (QED) is 0.442. The zero-order chi connectivity index (χ0) is 14.8. The molecule has 1 aliphatic heterocycles. The number of carbonyl (C=O) groups is 2. The Balaban J connectivity index is 1.88. The first-order valence-corrected chi connectivity index (χ1v) is 7.30. The zero-order valence-electron chi connectivity index (χ0n) is 12.5. The Morgan fingerprint density at radius 3 is 2.75 bits per heavy atom. The topological polar surface area (TPSA) is 55.9 Å². The van der Waals surface area contributed by atoms with E-state index in [1.165, 1.54) is 7.11 Å². The molecule has 0 aromatic heterocycles. The van der Waals surface area contributed by atoms with E-state index in [9.17, 15) is 9.59 Å². The van der Waals surface area contributed by atoms with Gasteiger partial charge < -0.3 is 9.47 Å². The van der Waals surface area contributed by atoms with Gasteiger partial charge in [0.1, 0.15) is 5.60 Å². The first-order valence-electron chi connectivity index (χ1n) is 7.30. The van der Waals surface area contributed by atoms with Gasteiger partial charge in [0, 0.05) is 17.4 Å². The van der Waals surface area contributed by atoms with Crippen LogP contribution >= 0.6 is 0 Å². The number of epoxide rings is 1. The highest BCUT2D eigenvalue weighted by Gasteiger charge is 2.80. The van der Waals surface area contributed by atoms with E-state index in [0.717, 1.165) is 19.3 Å². The number of methoxy groups -OCH3 is 1. The van der Waals surface area contributed by atoms with Crippen LogP contribution in [0.5, 0.6) is 0 Å². The minimum atomic E-state index is -0.644. The molecule has 0 bridgehead atoms. The van der Waals surface area contributed by atoms with E-state index in [1.807, 2.05) is 6.92 Å². The summed E-state index contributed by atoms with van der Waals surface area (Å²) in [5, 5.41) is 0. The van der Waals surface area contributed by atoms with E-state index in [2.05, 4.69) is 13.5 Å². The summed E-state index contributed by atoms with van der Waals surface area (Å²) in [6.45, 7) is 8.02. The predicted molar refractivity (Wildman–Crippen MR) is 73.1 cm³/mol. The highest BCUT2D eigenvalue weighted by atomic mass is 16.6. The lowest BCUT2D eigenvalue weighted by molar-refractivity contribution is -0.137. The number of hydrogen-bond donors (Lipinski definition) is 0. The molecule has 0 aromatic rings. The van der Waals surface area contributed by atoms with Crippen LogP contribution in [0.4, 0.5) is 0 Å². The van der Waals surface area contributed by atoms with E-state index in [-0.39, 0.29) is 23.1 Å². The summed E-state index contributed by atoms with van der Waals surface area (Å²) in [5.74, 6) is -0.0814. The monoisotopic (exact) mass is 278 g/mol. The molecule has 3 aliphatic rings. The first kappa shape index (κ1) is 13.8. The Morgan fingerprint density at radius 1 is 1.40 bits per heavy atom. The molecule has 110 valence electrons. The lowest BCUT2D eigenvalue weighted by atomic mass is 9.54. The molecule has 20 heavy (non-hydrogen) atoms. The van der Waals surface area contributed by atoms with Crippen LogP contribution in [0.3, 0.4) is 0 Å². The first-order chi connectivity index (χ1) is 9.30. The smallest absolute Gasteiger partial charge is 0.333 e. The number of ether oxygens (including phenoxy) is 2. The Labute approximate surface area is 119 Å². The molecule has 3 rings (SSSR count). The van der Waals surface area contributed by atoms with E-state index in [1.54, 1.807) is 0 Å². The third-order valence-electron chi connectivity index (χ3n) is 6.04. The molecule has 0 amide bonds. The van der Waals surface area contributed by atoms with E-state index in [4.69, 9.17) is 9.47 Å². The standard InChI is InChI=1S/C16H22O4/c1-10(13(18)19-4)11-5-7-14(2)8-6-12(17)15(3)16(14,9-11)20-15/h11H,1,5-9H2,2-4H3/t11-,14+,15+,16-/m1/s1. The van der Waals surface area contributed by atoms with E-state index >= 15 is 0 Å². The normalized spacial score (nSPS) is 46.1. The van der Waals surface area contributed by atoms with Gasteiger partial charge in [0.05, 0.1) is 7.11 Å². The van der Waals surface area contributed by atoms with Crippen LogP contribution in [0.1, 0.15) is 46.0 Å². The zero-order valence-corrected chi connectivity index (χ0v) is 12.5. The maximum absolute atomic E-state index is 12.2. The van der Waals surface area contributed by atoms with Crippen molar-refractivity contribution >= 4 is 11.8 Å². The SMILES string of the molecule is C=C(C(=O)OC)[C@@H]1CC[C@@]2(C)CCC(=O)[C@]3(C)O[C@]23C1. The maximum atomic E-state index is 12.2. The molecule has 4 atom stereocenters. The van der Waals surface area contributed by atoms with Gasteiger partial charge >= 0.3 is 5.97 Å². The van der Waals surface area contributed by atoms with Crippen molar-refractivity contribution in [1.82, 2.24) is 0 Å². The molecule has 4 nitrogen and oxygen atoms in total. The van der Waals surface area contributed by atoms with Crippen LogP contribution in [0.25, 0.3) is 0 Å². The molecule has 0 aromatic carbocycles. The summed E-state index contributed by atoms with van der Waals surface area (Å²) < 4.78 is 10.8. The van der Waals surface area contributed by atoms with Crippen molar-refractivity contribution in [2.75, 3.05) is 7.11 Å². The Bertz CT molecular complexity index is 511. The molecule has 4 heteroatoms. The van der Waals surface area contributed by atoms with Crippen LogP contribution in [-0.2, 0) is 19.1 Å². The van der Waals surface area contributed by atoms with Crippen LogP contribution < -0.4 is 0 Å². The van der Waals surface area contributed by atoms with Gasteiger partial charge in [0.25, 0.3) is 0 Å². The van der Waals surface area contributed by atoms with Crippen molar-refractivity contribution in [1.29, 1.82) is 0 Å². The van der Waals surface area contributed by atoms with Gasteiger partial charge in [-0.2, -0.15) is 0 Å². The summed E-state index contributed by atoms with van der Waals surface area (Å²) in [6, 6.07) is 0. The van der Waals surface area contributed by atoms with Crippen LogP contribution in [0.15, 0.2) is 12.2 Å². The molecule has 2 saturated carbocycles. The molecule has 3 fully saturated rings. The van der Waals surface area contributed by atoms with Gasteiger partial charge in [-0.25, -0.2) is 4.79 Å². The molecule has 1 spiro atoms. The van der Waals surface area contributed by atoms with Crippen LogP contribution in [0, 0.1) is 11.3 Å². The molecule has 0 unspecified atom stereocenters. The second kappa shape index (κ2) is 3.94. The van der Waals surface area contributed by atoms with Crippen LogP contribution in [0.2, 0.25) is 0 Å². The molecule has 0 N–H and O–H groups in total. The van der Waals surface area contributed by atoms with Crippen molar-refractivity contribution in [3.05, 3.63) is 12.2 Å². The highest BCUT2D eigenvalue weighted by Crippen LogP contribution is 2.70. The minimum Gasteiger partial charge on any atom is -0.466 e. The fourth-order valence-corrected chi connectivity index (χ4v) is 4.48. The number of rotatable bonds is 2. The fraction of sp³-hybridized carbons (Fsp3) is 0.750. The Hall–Kier alpha value is -1.16. The molecule has 0 radical (unpaired) electrons. The van der Waals surface area contributed by atoms with Gasteiger partial charge in [-0.15, -0.1) is 0 Å². The van der Waals surface area contributed by atoms with Gasteiger partial charge in [0.2, 0.25) is 0 Å². The molecule has 1 saturated heterocycles. The van der Waals surface area contributed by atoms with Crippen molar-refractivity contribution < 1.29 is 19.1 Å². The Kier molecular flexibility index (Phi) is 2.72. The number of carbonyl (C=O) groups excluding carboxylic acids is 2. The lowest BCUT2D eigenvalue weighted by Crippen LogP contribution is -2.52. The summed E-state index contributed by atoms with van der Waals surface area (Å²) in [4.78, 5) is 23.9. The number of hydrogen-bond acceptors (Lipinski definition) is 4. The van der Waals surface area contributed by atoms with Crippen LogP contribution in [-0.4, -0.2) is 30.1 Å². The van der Waals surface area contributed by atoms with Gasteiger partial charge in [-0.05, 0) is 38.5 Å². The van der Waals surface area contributed by atoms with Gasteiger partial charge in [0.15, 0.2) is 11.4 Å². The van der Waals surface area contributed by atoms with Crippen molar-refractivity contribution in [3.63, 3.8) is 0 Å². The number of esters is 1. The molecule has 1 heterocycles. The largest absolute Gasteiger partial charge is 0.466 e. The molecular weight excluding hydrogens is 256 g/mol. The average Bonchev–Trinajstić information content (AvgIpc) is 3.06. The van der Waals surface area contributed by atoms with Crippen molar-refractivity contribution in [2.45, 2.75) is 57.2 Å². The third-order valence-corrected chi connectivity index (χ3v) is 6.04. The van der Waals surface area contributed by atoms with Crippen molar-refractivity contribution in [2.24, 2.45) is 11.3 Å². The summed E-state index contributed by atoms with van der Waals surface area (Å²) in [5.41, 5.74) is -0.480. The second-order valence-electron chi connectivity index (χ2n) is 6.90. The molecule has 2 aliphatic carbocycles. The number of Topliss-reactive ketones (excluding diaryl/α,β-unsaturated/α-hetero) is 1. The number of ketones is 1. The fourth-order valence-electron chi connectivity index (χ4n) is 4.48. The van der Waals surface area contributed by atoms with Crippen molar-refractivity contribution in [3.8, 4) is 0 Å². The summed E-state index contributed by atoms with van der Waals surface area (Å²) in [7, 11) is 1.38. The van der Waals surface area contributed by atoms with Gasteiger partial charge in [-0.3, -0.25) is 4.79 Å².